The highest BCUT2D eigenvalue weighted by Gasteiger charge is 2.17. The van der Waals surface area contributed by atoms with Crippen molar-refractivity contribution < 1.29 is 19.0 Å². The van der Waals surface area contributed by atoms with Gasteiger partial charge in [-0.1, -0.05) is 36.9 Å². The van der Waals surface area contributed by atoms with Crippen molar-refractivity contribution in [1.82, 2.24) is 10.9 Å². The van der Waals surface area contributed by atoms with E-state index in [-0.39, 0.29) is 5.91 Å². The highest BCUT2D eigenvalue weighted by molar-refractivity contribution is 5.95. The Morgan fingerprint density at radius 2 is 1.46 bits per heavy atom. The number of benzene rings is 2. The molecule has 6 nitrogen and oxygen atoms in total. The molecule has 0 atom stereocenters. The summed E-state index contributed by atoms with van der Waals surface area (Å²) in [4.78, 5) is 12.3. The van der Waals surface area contributed by atoms with Crippen molar-refractivity contribution in [3.63, 3.8) is 0 Å². The average molecular weight is 328 g/mol. The third kappa shape index (κ3) is 3.78. The van der Waals surface area contributed by atoms with Gasteiger partial charge < -0.3 is 14.2 Å². The minimum absolute atomic E-state index is 0.355. The van der Waals surface area contributed by atoms with Crippen molar-refractivity contribution in [3.05, 3.63) is 60.2 Å². The van der Waals surface area contributed by atoms with Gasteiger partial charge in [0.1, 0.15) is 0 Å². The van der Waals surface area contributed by atoms with E-state index in [4.69, 9.17) is 14.2 Å². The molecule has 2 aromatic carbocycles. The maximum atomic E-state index is 12.3. The molecule has 1 amide bonds. The summed E-state index contributed by atoms with van der Waals surface area (Å²) in [7, 11) is 4.49. The van der Waals surface area contributed by atoms with Crippen LogP contribution in [0.4, 0.5) is 0 Å². The van der Waals surface area contributed by atoms with Crippen molar-refractivity contribution in [2.45, 2.75) is 0 Å². The van der Waals surface area contributed by atoms with E-state index < -0.39 is 0 Å². The molecular weight excluding hydrogens is 308 g/mol. The second kappa shape index (κ2) is 7.92. The van der Waals surface area contributed by atoms with Crippen LogP contribution in [0.5, 0.6) is 17.2 Å². The molecule has 0 aliphatic carbocycles. The zero-order valence-corrected chi connectivity index (χ0v) is 13.9. The van der Waals surface area contributed by atoms with Crippen molar-refractivity contribution >= 4 is 11.6 Å². The molecule has 0 spiro atoms. The Morgan fingerprint density at radius 3 is 1.96 bits per heavy atom. The number of carbonyl (C=O) groups is 1. The zero-order valence-electron chi connectivity index (χ0n) is 13.9. The Labute approximate surface area is 141 Å². The third-order valence-corrected chi connectivity index (χ3v) is 3.38. The van der Waals surface area contributed by atoms with Crippen LogP contribution in [0.15, 0.2) is 49.0 Å². The van der Waals surface area contributed by atoms with E-state index in [9.17, 15) is 4.79 Å². The number of rotatable bonds is 7. The molecule has 0 aliphatic rings. The highest BCUT2D eigenvalue weighted by Crippen LogP contribution is 2.38. The molecule has 6 heteroatoms. The van der Waals surface area contributed by atoms with Gasteiger partial charge in [0.2, 0.25) is 5.75 Å². The number of hydrogen-bond acceptors (Lipinski definition) is 5. The topological polar surface area (TPSA) is 68.8 Å². The first-order valence-electron chi connectivity index (χ1n) is 7.21. The van der Waals surface area contributed by atoms with Gasteiger partial charge >= 0.3 is 0 Å². The Balaban J connectivity index is 2.13. The van der Waals surface area contributed by atoms with Crippen LogP contribution in [-0.4, -0.2) is 27.2 Å². The van der Waals surface area contributed by atoms with E-state index in [0.29, 0.717) is 28.5 Å². The van der Waals surface area contributed by atoms with Gasteiger partial charge in [0.05, 0.1) is 27.0 Å². The first-order chi connectivity index (χ1) is 11.6. The highest BCUT2D eigenvalue weighted by atomic mass is 16.5. The van der Waals surface area contributed by atoms with Gasteiger partial charge in [-0.2, -0.15) is 0 Å². The summed E-state index contributed by atoms with van der Waals surface area (Å²) in [5.41, 5.74) is 7.21. The van der Waals surface area contributed by atoms with E-state index in [2.05, 4.69) is 17.4 Å². The number of hydrazine groups is 1. The standard InChI is InChI=1S/C18H20N2O4/c1-12(13-8-6-5-7-9-13)19-20-18(21)14-10-15(22-2)17(24-4)16(11-14)23-3/h5-11,19H,1H2,2-4H3,(H,20,21). The summed E-state index contributed by atoms with van der Waals surface area (Å²) in [6, 6.07) is 12.6. The SMILES string of the molecule is C=C(NNC(=O)c1cc(OC)c(OC)c(OC)c1)c1ccccc1. The molecule has 2 N–H and O–H groups in total. The van der Waals surface area contributed by atoms with Crippen molar-refractivity contribution in [2.24, 2.45) is 0 Å². The van der Waals surface area contributed by atoms with Gasteiger partial charge in [-0.25, -0.2) is 0 Å². The monoisotopic (exact) mass is 328 g/mol. The van der Waals surface area contributed by atoms with E-state index in [1.54, 1.807) is 12.1 Å². The number of amides is 1. The number of carbonyl (C=O) groups excluding carboxylic acids is 1. The molecule has 24 heavy (non-hydrogen) atoms. The summed E-state index contributed by atoms with van der Waals surface area (Å²) in [6.45, 7) is 3.89. The normalized spacial score (nSPS) is 9.79. The first kappa shape index (κ1) is 17.2. The summed E-state index contributed by atoms with van der Waals surface area (Å²) >= 11 is 0. The predicted molar refractivity (Wildman–Crippen MR) is 92.2 cm³/mol. The largest absolute Gasteiger partial charge is 0.493 e. The molecule has 0 aromatic heterocycles. The van der Waals surface area contributed by atoms with Crippen LogP contribution in [0.25, 0.3) is 5.70 Å². The molecular formula is C18H20N2O4. The lowest BCUT2D eigenvalue weighted by Crippen LogP contribution is -2.35. The summed E-state index contributed by atoms with van der Waals surface area (Å²) < 4.78 is 15.7. The number of nitrogens with one attached hydrogen (secondary N) is 2. The van der Waals surface area contributed by atoms with E-state index in [1.165, 1.54) is 21.3 Å². The number of hydrogen-bond donors (Lipinski definition) is 2. The van der Waals surface area contributed by atoms with E-state index in [1.807, 2.05) is 30.3 Å². The van der Waals surface area contributed by atoms with Crippen LogP contribution in [0.3, 0.4) is 0 Å². The fourth-order valence-electron chi connectivity index (χ4n) is 2.13. The van der Waals surface area contributed by atoms with Gasteiger partial charge in [-0.15, -0.1) is 0 Å². The lowest BCUT2D eigenvalue weighted by molar-refractivity contribution is 0.0941. The molecule has 0 radical (unpaired) electrons. The summed E-state index contributed by atoms with van der Waals surface area (Å²) in [5.74, 6) is 0.886. The number of ether oxygens (including phenoxy) is 3. The Hall–Kier alpha value is -3.15. The molecule has 0 bridgehead atoms. The minimum atomic E-state index is -0.355. The van der Waals surface area contributed by atoms with Gasteiger partial charge in [-0.05, 0) is 17.7 Å². The maximum absolute atomic E-state index is 12.3. The van der Waals surface area contributed by atoms with E-state index in [0.717, 1.165) is 5.56 Å². The van der Waals surface area contributed by atoms with Crippen molar-refractivity contribution in [1.29, 1.82) is 0 Å². The number of methoxy groups -OCH3 is 3. The van der Waals surface area contributed by atoms with Crippen LogP contribution in [0.2, 0.25) is 0 Å². The fraction of sp³-hybridized carbons (Fsp3) is 0.167. The molecule has 0 heterocycles. The van der Waals surface area contributed by atoms with Gasteiger partial charge in [0.15, 0.2) is 11.5 Å². The van der Waals surface area contributed by atoms with Gasteiger partial charge in [-0.3, -0.25) is 15.6 Å². The molecule has 2 rings (SSSR count). The predicted octanol–water partition coefficient (Wildman–Crippen LogP) is 2.62. The average Bonchev–Trinajstić information content (AvgIpc) is 2.65. The van der Waals surface area contributed by atoms with Crippen LogP contribution in [-0.2, 0) is 0 Å². The molecule has 0 aliphatic heterocycles. The molecule has 0 fully saturated rings. The van der Waals surface area contributed by atoms with Crippen molar-refractivity contribution in [3.8, 4) is 17.2 Å². The Bertz CT molecular complexity index is 704. The van der Waals surface area contributed by atoms with Crippen LogP contribution in [0.1, 0.15) is 15.9 Å². The lowest BCUT2D eigenvalue weighted by Gasteiger charge is -2.15. The van der Waals surface area contributed by atoms with Crippen LogP contribution >= 0.6 is 0 Å². The molecule has 0 saturated carbocycles. The van der Waals surface area contributed by atoms with Crippen LogP contribution < -0.4 is 25.1 Å². The zero-order chi connectivity index (χ0) is 17.5. The third-order valence-electron chi connectivity index (χ3n) is 3.38. The summed E-state index contributed by atoms with van der Waals surface area (Å²) in [6.07, 6.45) is 0. The van der Waals surface area contributed by atoms with E-state index >= 15 is 0 Å². The van der Waals surface area contributed by atoms with Crippen molar-refractivity contribution in [2.75, 3.05) is 21.3 Å². The van der Waals surface area contributed by atoms with Gasteiger partial charge in [0, 0.05) is 5.56 Å². The Kier molecular flexibility index (Phi) is 5.68. The first-order valence-corrected chi connectivity index (χ1v) is 7.21. The molecule has 0 unspecified atom stereocenters. The minimum Gasteiger partial charge on any atom is -0.493 e. The lowest BCUT2D eigenvalue weighted by atomic mass is 10.1. The summed E-state index contributed by atoms with van der Waals surface area (Å²) in [5, 5.41) is 0. The van der Waals surface area contributed by atoms with Crippen LogP contribution in [0, 0.1) is 0 Å². The molecule has 126 valence electrons. The van der Waals surface area contributed by atoms with Gasteiger partial charge in [0.25, 0.3) is 5.91 Å². The second-order valence-electron chi connectivity index (χ2n) is 4.84. The Morgan fingerprint density at radius 1 is 0.875 bits per heavy atom. The molecule has 0 saturated heterocycles. The fourth-order valence-corrected chi connectivity index (χ4v) is 2.13. The second-order valence-corrected chi connectivity index (χ2v) is 4.84. The quantitative estimate of drug-likeness (QED) is 0.765. The smallest absolute Gasteiger partial charge is 0.269 e. The maximum Gasteiger partial charge on any atom is 0.269 e. The molecule has 2 aromatic rings.